The molecule has 0 spiro atoms. The molecule has 2 aromatic carbocycles. The Bertz CT molecular complexity index is 867. The van der Waals surface area contributed by atoms with Crippen LogP contribution in [0.4, 0.5) is 5.95 Å². The lowest BCUT2D eigenvalue weighted by Gasteiger charge is -2.18. The summed E-state index contributed by atoms with van der Waals surface area (Å²) in [7, 11) is 0. The summed E-state index contributed by atoms with van der Waals surface area (Å²) < 4.78 is 1.99. The predicted octanol–water partition coefficient (Wildman–Crippen LogP) is 1.45. The molecule has 5 N–H and O–H groups in total. The zero-order valence-electron chi connectivity index (χ0n) is 11.1. The quantitative estimate of drug-likeness (QED) is 0.508. The third-order valence-corrected chi connectivity index (χ3v) is 3.62. The fraction of sp³-hybridized carbons (Fsp3) is 0.0667. The van der Waals surface area contributed by atoms with Crippen molar-refractivity contribution >= 4 is 22.9 Å². The summed E-state index contributed by atoms with van der Waals surface area (Å²) in [6.45, 7) is 0. The fourth-order valence-corrected chi connectivity index (χ4v) is 2.70. The number of aliphatic imine (C=N–C) groups is 1. The van der Waals surface area contributed by atoms with E-state index in [0.29, 0.717) is 11.5 Å². The summed E-state index contributed by atoms with van der Waals surface area (Å²) in [6.07, 6.45) is -0.404. The van der Waals surface area contributed by atoms with Gasteiger partial charge in [-0.3, -0.25) is 0 Å². The first-order valence-corrected chi connectivity index (χ1v) is 6.64. The number of fused-ring (bicyclic) bond motifs is 3. The molecule has 0 bridgehead atoms. The van der Waals surface area contributed by atoms with Gasteiger partial charge in [-0.1, -0.05) is 24.3 Å². The van der Waals surface area contributed by atoms with Crippen LogP contribution in [0.15, 0.2) is 53.5 Å². The van der Waals surface area contributed by atoms with Crippen molar-refractivity contribution in [1.82, 2.24) is 4.98 Å². The molecular weight excluding hydrogens is 266 g/mol. The number of phenolic OH excluding ortho intramolecular Hbond substituents is 1. The van der Waals surface area contributed by atoms with Gasteiger partial charge in [-0.15, -0.1) is 0 Å². The lowest BCUT2D eigenvalue weighted by atomic mass is 10.1. The van der Waals surface area contributed by atoms with Crippen LogP contribution < -0.4 is 15.6 Å². The molecule has 1 atom stereocenters. The first kappa shape index (κ1) is 11.8. The summed E-state index contributed by atoms with van der Waals surface area (Å²) in [5.41, 5.74) is 8.55. The van der Waals surface area contributed by atoms with Crippen molar-refractivity contribution < 1.29 is 9.67 Å². The Morgan fingerprint density at radius 2 is 1.86 bits per heavy atom. The SMILES string of the molecule is NC1=N[C@@H](c2ccccc2O)[n+]2c([nH]c3ccccc32)N1. The first-order chi connectivity index (χ1) is 10.2. The van der Waals surface area contributed by atoms with E-state index in [-0.39, 0.29) is 5.75 Å². The average Bonchev–Trinajstić information content (AvgIpc) is 2.85. The second kappa shape index (κ2) is 4.24. The van der Waals surface area contributed by atoms with E-state index in [1.165, 1.54) is 0 Å². The van der Waals surface area contributed by atoms with Gasteiger partial charge < -0.3 is 10.8 Å². The molecule has 21 heavy (non-hydrogen) atoms. The average molecular weight is 280 g/mol. The molecule has 6 nitrogen and oxygen atoms in total. The Morgan fingerprint density at radius 3 is 2.71 bits per heavy atom. The van der Waals surface area contributed by atoms with Gasteiger partial charge >= 0.3 is 5.95 Å². The van der Waals surface area contributed by atoms with E-state index in [4.69, 9.17) is 5.73 Å². The van der Waals surface area contributed by atoms with E-state index < -0.39 is 6.17 Å². The van der Waals surface area contributed by atoms with E-state index >= 15 is 0 Å². The molecule has 0 unspecified atom stereocenters. The van der Waals surface area contributed by atoms with Crippen LogP contribution in [-0.4, -0.2) is 16.1 Å². The molecule has 0 saturated heterocycles. The molecule has 104 valence electrons. The highest BCUT2D eigenvalue weighted by molar-refractivity contribution is 5.92. The van der Waals surface area contributed by atoms with Crippen molar-refractivity contribution in [2.24, 2.45) is 10.7 Å². The molecule has 0 radical (unpaired) electrons. The molecule has 1 aromatic heterocycles. The van der Waals surface area contributed by atoms with E-state index in [2.05, 4.69) is 15.3 Å². The van der Waals surface area contributed by atoms with Crippen LogP contribution in [0.2, 0.25) is 0 Å². The number of nitrogens with zero attached hydrogens (tertiary/aromatic N) is 2. The number of aromatic hydroxyl groups is 1. The second-order valence-corrected chi connectivity index (χ2v) is 4.93. The number of H-pyrrole nitrogens is 1. The van der Waals surface area contributed by atoms with Gasteiger partial charge in [-0.25, -0.2) is 14.9 Å². The van der Waals surface area contributed by atoms with Crippen LogP contribution in [0.25, 0.3) is 11.0 Å². The zero-order chi connectivity index (χ0) is 14.4. The van der Waals surface area contributed by atoms with Crippen molar-refractivity contribution in [3.8, 4) is 5.75 Å². The minimum atomic E-state index is -0.404. The largest absolute Gasteiger partial charge is 0.507 e. The van der Waals surface area contributed by atoms with Crippen molar-refractivity contribution in [1.29, 1.82) is 0 Å². The van der Waals surface area contributed by atoms with Crippen LogP contribution in [0.5, 0.6) is 5.75 Å². The van der Waals surface area contributed by atoms with Gasteiger partial charge in [0.25, 0.3) is 5.96 Å². The smallest absolute Gasteiger partial charge is 0.365 e. The Labute approximate surface area is 120 Å². The van der Waals surface area contributed by atoms with Crippen LogP contribution in [0, 0.1) is 0 Å². The van der Waals surface area contributed by atoms with Crippen LogP contribution in [-0.2, 0) is 0 Å². The fourth-order valence-electron chi connectivity index (χ4n) is 2.70. The maximum atomic E-state index is 10.1. The summed E-state index contributed by atoms with van der Waals surface area (Å²) in [4.78, 5) is 7.72. The Morgan fingerprint density at radius 1 is 1.10 bits per heavy atom. The van der Waals surface area contributed by atoms with Crippen LogP contribution in [0.1, 0.15) is 11.7 Å². The van der Waals surface area contributed by atoms with Gasteiger partial charge in [0.05, 0.1) is 5.56 Å². The van der Waals surface area contributed by atoms with E-state index in [9.17, 15) is 5.11 Å². The number of nitrogens with two attached hydrogens (primary N) is 1. The molecule has 4 rings (SSSR count). The minimum Gasteiger partial charge on any atom is -0.507 e. The summed E-state index contributed by atoms with van der Waals surface area (Å²) in [5, 5.41) is 13.2. The van der Waals surface area contributed by atoms with Crippen molar-refractivity contribution in [3.05, 3.63) is 54.1 Å². The van der Waals surface area contributed by atoms with Gasteiger partial charge in [0, 0.05) is 0 Å². The zero-order valence-corrected chi connectivity index (χ0v) is 11.1. The molecule has 6 heteroatoms. The lowest BCUT2D eigenvalue weighted by molar-refractivity contribution is -0.674. The van der Waals surface area contributed by atoms with Gasteiger partial charge in [0.1, 0.15) is 16.8 Å². The normalized spacial score (nSPS) is 17.1. The minimum absolute atomic E-state index is 0.199. The molecule has 0 saturated carbocycles. The van der Waals surface area contributed by atoms with E-state index in [0.717, 1.165) is 17.0 Å². The molecular formula is C15H14N5O+. The highest BCUT2D eigenvalue weighted by Crippen LogP contribution is 2.29. The number of para-hydroxylation sites is 3. The number of nitrogens with one attached hydrogen (secondary N) is 2. The van der Waals surface area contributed by atoms with Crippen molar-refractivity contribution in [3.63, 3.8) is 0 Å². The third-order valence-electron chi connectivity index (χ3n) is 3.62. The molecule has 2 heterocycles. The van der Waals surface area contributed by atoms with Crippen molar-refractivity contribution in [2.45, 2.75) is 6.17 Å². The Hall–Kier alpha value is -3.02. The highest BCUT2D eigenvalue weighted by atomic mass is 16.3. The van der Waals surface area contributed by atoms with E-state index in [1.807, 2.05) is 41.0 Å². The molecule has 0 aliphatic carbocycles. The van der Waals surface area contributed by atoms with Gasteiger partial charge in [0.2, 0.25) is 6.17 Å². The topological polar surface area (TPSA) is 90.3 Å². The Kier molecular flexibility index (Phi) is 2.38. The number of rotatable bonds is 1. The number of phenols is 1. The number of aromatic amines is 1. The lowest BCUT2D eigenvalue weighted by Crippen LogP contribution is -2.48. The number of hydrogen-bond acceptors (Lipinski definition) is 4. The second-order valence-electron chi connectivity index (χ2n) is 4.93. The predicted molar refractivity (Wildman–Crippen MR) is 80.0 cm³/mol. The summed E-state index contributed by atoms with van der Waals surface area (Å²) >= 11 is 0. The van der Waals surface area contributed by atoms with Crippen LogP contribution in [0.3, 0.4) is 0 Å². The number of hydrogen-bond donors (Lipinski definition) is 4. The number of guanidine groups is 1. The first-order valence-electron chi connectivity index (χ1n) is 6.64. The monoisotopic (exact) mass is 280 g/mol. The van der Waals surface area contributed by atoms with Crippen molar-refractivity contribution in [2.75, 3.05) is 5.32 Å². The molecule has 1 aliphatic rings. The molecule has 0 fully saturated rings. The summed E-state index contributed by atoms with van der Waals surface area (Å²) in [5.74, 6) is 1.26. The Balaban J connectivity index is 2.00. The molecule has 0 amide bonds. The third kappa shape index (κ3) is 1.73. The number of anilines is 1. The maximum absolute atomic E-state index is 10.1. The van der Waals surface area contributed by atoms with Gasteiger partial charge in [-0.05, 0) is 24.3 Å². The standard InChI is InChI=1S/C15H13N5O/c16-14-18-13(9-5-1-4-8-12(9)21)20-11-7-3-2-6-10(11)17-15(20)19-14/h1-8,13H,(H4,16,17,18,19,21)/p+1/t13-/m1/s1. The van der Waals surface area contributed by atoms with E-state index in [1.54, 1.807) is 12.1 Å². The number of imidazole rings is 1. The number of benzene rings is 2. The summed E-state index contributed by atoms with van der Waals surface area (Å²) in [6, 6.07) is 15.1. The molecule has 1 aliphatic heterocycles. The maximum Gasteiger partial charge on any atom is 0.365 e. The highest BCUT2D eigenvalue weighted by Gasteiger charge is 2.32. The van der Waals surface area contributed by atoms with Gasteiger partial charge in [0.15, 0.2) is 0 Å². The van der Waals surface area contributed by atoms with Gasteiger partial charge in [-0.2, -0.15) is 4.99 Å². The number of aromatic nitrogens is 2. The van der Waals surface area contributed by atoms with Crippen LogP contribution >= 0.6 is 0 Å². The molecule has 3 aromatic rings.